The molecule has 1 aliphatic heterocycles. The number of nitrogens with two attached hydrogens (primary N) is 2. The van der Waals surface area contributed by atoms with Crippen molar-refractivity contribution in [3.05, 3.63) is 35.4 Å². The van der Waals surface area contributed by atoms with Crippen LogP contribution in [0.15, 0.2) is 29.3 Å². The van der Waals surface area contributed by atoms with Crippen molar-refractivity contribution in [2.75, 3.05) is 13.1 Å². The third-order valence-corrected chi connectivity index (χ3v) is 2.96. The maximum atomic E-state index is 7.80. The van der Waals surface area contributed by atoms with E-state index in [4.69, 9.17) is 16.9 Å². The largest absolute Gasteiger partial charge is 0.370 e. The van der Waals surface area contributed by atoms with Gasteiger partial charge in [-0.1, -0.05) is 24.3 Å². The second-order valence-electron chi connectivity index (χ2n) is 4.12. The van der Waals surface area contributed by atoms with Crippen LogP contribution in [0.3, 0.4) is 0 Å². The van der Waals surface area contributed by atoms with Gasteiger partial charge < -0.3 is 16.4 Å². The van der Waals surface area contributed by atoms with Gasteiger partial charge in [-0.15, -0.1) is 0 Å². The lowest BCUT2D eigenvalue weighted by Crippen LogP contribution is -2.34. The molecule has 0 radical (unpaired) electrons. The molecule has 0 atom stereocenters. The Morgan fingerprint density at radius 1 is 1.12 bits per heavy atom. The zero-order chi connectivity index (χ0) is 12.3. The normalized spacial score (nSPS) is 14.7. The van der Waals surface area contributed by atoms with E-state index < -0.39 is 0 Å². The molecule has 0 saturated heterocycles. The molecule has 0 amide bonds. The van der Waals surface area contributed by atoms with Crippen molar-refractivity contribution < 1.29 is 0 Å². The van der Waals surface area contributed by atoms with Crippen LogP contribution < -0.4 is 11.5 Å². The standard InChI is InChI=1S/C12H17N5/c13-11(14)16-12(15)17-7-5-9-3-1-2-4-10(9)6-8-17/h1-4H,5-8H2,(H5,13,14,15,16). The molecule has 17 heavy (non-hydrogen) atoms. The van der Waals surface area contributed by atoms with Crippen molar-refractivity contribution in [2.45, 2.75) is 12.8 Å². The second kappa shape index (κ2) is 4.86. The summed E-state index contributed by atoms with van der Waals surface area (Å²) in [7, 11) is 0. The summed E-state index contributed by atoms with van der Waals surface area (Å²) in [4.78, 5) is 5.69. The number of hydrogen-bond acceptors (Lipinski definition) is 1. The molecule has 90 valence electrons. The monoisotopic (exact) mass is 231 g/mol. The maximum Gasteiger partial charge on any atom is 0.221 e. The number of fused-ring (bicyclic) bond motifs is 1. The highest BCUT2D eigenvalue weighted by Crippen LogP contribution is 2.15. The highest BCUT2D eigenvalue weighted by atomic mass is 15.3. The van der Waals surface area contributed by atoms with Crippen LogP contribution in [0.25, 0.3) is 0 Å². The Hall–Kier alpha value is -2.04. The van der Waals surface area contributed by atoms with Gasteiger partial charge in [0.2, 0.25) is 5.96 Å². The molecule has 5 heteroatoms. The quantitative estimate of drug-likeness (QED) is 0.443. The van der Waals surface area contributed by atoms with Gasteiger partial charge in [-0.3, -0.25) is 5.41 Å². The molecule has 0 saturated carbocycles. The van der Waals surface area contributed by atoms with Crippen LogP contribution in [0.4, 0.5) is 0 Å². The van der Waals surface area contributed by atoms with E-state index in [-0.39, 0.29) is 11.9 Å². The van der Waals surface area contributed by atoms with Gasteiger partial charge >= 0.3 is 0 Å². The molecular formula is C12H17N5. The van der Waals surface area contributed by atoms with Crippen molar-refractivity contribution in [2.24, 2.45) is 16.5 Å². The Bertz CT molecular complexity index is 421. The first kappa shape index (κ1) is 11.4. The third-order valence-electron chi connectivity index (χ3n) is 2.96. The van der Waals surface area contributed by atoms with Crippen molar-refractivity contribution in [1.82, 2.24) is 4.90 Å². The molecule has 5 nitrogen and oxygen atoms in total. The Balaban J connectivity index is 2.09. The summed E-state index contributed by atoms with van der Waals surface area (Å²) >= 11 is 0. The lowest BCUT2D eigenvalue weighted by Gasteiger charge is -2.19. The Kier molecular flexibility index (Phi) is 3.27. The van der Waals surface area contributed by atoms with Gasteiger partial charge in [0.05, 0.1) is 0 Å². The fourth-order valence-corrected chi connectivity index (χ4v) is 2.07. The first-order valence-corrected chi connectivity index (χ1v) is 5.67. The molecule has 2 rings (SSSR count). The van der Waals surface area contributed by atoms with Crippen LogP contribution in [0.2, 0.25) is 0 Å². The lowest BCUT2D eigenvalue weighted by molar-refractivity contribution is 0.432. The minimum atomic E-state index is -0.0586. The Labute approximate surface area is 101 Å². The number of nitrogens with zero attached hydrogens (tertiary/aromatic N) is 2. The number of rotatable bonds is 0. The summed E-state index contributed by atoms with van der Waals surface area (Å²) in [5, 5.41) is 7.80. The van der Waals surface area contributed by atoms with Crippen LogP contribution in [-0.2, 0) is 12.8 Å². The number of hydrogen-bond donors (Lipinski definition) is 3. The van der Waals surface area contributed by atoms with Gasteiger partial charge in [0.15, 0.2) is 5.96 Å². The first-order chi connectivity index (χ1) is 8.16. The first-order valence-electron chi connectivity index (χ1n) is 5.67. The third kappa shape index (κ3) is 2.75. The molecule has 0 spiro atoms. The van der Waals surface area contributed by atoms with Crippen LogP contribution in [0.5, 0.6) is 0 Å². The summed E-state index contributed by atoms with van der Waals surface area (Å²) in [5.41, 5.74) is 13.3. The molecule has 0 bridgehead atoms. The number of aliphatic imine (C=N–C) groups is 1. The van der Waals surface area contributed by atoms with Gasteiger partial charge in [-0.05, 0) is 24.0 Å². The summed E-state index contributed by atoms with van der Waals surface area (Å²) in [6.45, 7) is 1.57. The van der Waals surface area contributed by atoms with Crippen molar-refractivity contribution in [1.29, 1.82) is 5.41 Å². The van der Waals surface area contributed by atoms with Crippen LogP contribution >= 0.6 is 0 Å². The zero-order valence-electron chi connectivity index (χ0n) is 9.69. The van der Waals surface area contributed by atoms with Gasteiger partial charge in [0, 0.05) is 13.1 Å². The minimum Gasteiger partial charge on any atom is -0.370 e. The number of guanidine groups is 2. The topological polar surface area (TPSA) is 91.5 Å². The van der Waals surface area contributed by atoms with Crippen molar-refractivity contribution in [3.8, 4) is 0 Å². The number of nitrogens with one attached hydrogen (secondary N) is 1. The number of benzene rings is 1. The van der Waals surface area contributed by atoms with E-state index in [0.29, 0.717) is 0 Å². The Morgan fingerprint density at radius 3 is 2.12 bits per heavy atom. The maximum absolute atomic E-state index is 7.80. The fourth-order valence-electron chi connectivity index (χ4n) is 2.07. The second-order valence-corrected chi connectivity index (χ2v) is 4.12. The van der Waals surface area contributed by atoms with E-state index in [1.54, 1.807) is 0 Å². The predicted molar refractivity (Wildman–Crippen MR) is 69.0 cm³/mol. The highest BCUT2D eigenvalue weighted by molar-refractivity contribution is 5.91. The SMILES string of the molecule is N=C(N=C(N)N)N1CCc2ccccc2CC1. The molecule has 1 aliphatic rings. The smallest absolute Gasteiger partial charge is 0.221 e. The van der Waals surface area contributed by atoms with E-state index in [9.17, 15) is 0 Å². The van der Waals surface area contributed by atoms with E-state index in [2.05, 4.69) is 29.3 Å². The molecule has 1 aromatic carbocycles. The molecule has 1 heterocycles. The summed E-state index contributed by atoms with van der Waals surface area (Å²) < 4.78 is 0. The van der Waals surface area contributed by atoms with Crippen LogP contribution in [-0.4, -0.2) is 29.9 Å². The molecule has 0 fully saturated rings. The summed E-state index contributed by atoms with van der Waals surface area (Å²) in [5.74, 6) is 0.0922. The van der Waals surface area contributed by atoms with E-state index >= 15 is 0 Å². The van der Waals surface area contributed by atoms with Gasteiger partial charge in [0.25, 0.3) is 0 Å². The molecule has 5 N–H and O–H groups in total. The van der Waals surface area contributed by atoms with Crippen LogP contribution in [0, 0.1) is 5.41 Å². The van der Waals surface area contributed by atoms with E-state index in [1.807, 2.05) is 4.90 Å². The van der Waals surface area contributed by atoms with Crippen molar-refractivity contribution >= 4 is 11.9 Å². The summed E-state index contributed by atoms with van der Waals surface area (Å²) in [6, 6.07) is 8.39. The molecule has 0 aromatic heterocycles. The van der Waals surface area contributed by atoms with Gasteiger partial charge in [-0.25, -0.2) is 0 Å². The van der Waals surface area contributed by atoms with Gasteiger partial charge in [0.1, 0.15) is 0 Å². The van der Waals surface area contributed by atoms with Crippen LogP contribution in [0.1, 0.15) is 11.1 Å². The molecule has 0 aliphatic carbocycles. The van der Waals surface area contributed by atoms with Crippen molar-refractivity contribution in [3.63, 3.8) is 0 Å². The molecule has 1 aromatic rings. The summed E-state index contributed by atoms with van der Waals surface area (Å²) in [6.07, 6.45) is 1.86. The molecular weight excluding hydrogens is 214 g/mol. The average molecular weight is 231 g/mol. The minimum absolute atomic E-state index is 0.0586. The lowest BCUT2D eigenvalue weighted by atomic mass is 10.0. The van der Waals surface area contributed by atoms with Gasteiger partial charge in [-0.2, -0.15) is 4.99 Å². The highest BCUT2D eigenvalue weighted by Gasteiger charge is 2.15. The zero-order valence-corrected chi connectivity index (χ0v) is 9.69. The fraction of sp³-hybridized carbons (Fsp3) is 0.333. The molecule has 0 unspecified atom stereocenters. The Morgan fingerprint density at radius 2 is 1.65 bits per heavy atom. The van der Waals surface area contributed by atoms with E-state index in [1.165, 1.54) is 11.1 Å². The van der Waals surface area contributed by atoms with E-state index in [0.717, 1.165) is 25.9 Å². The average Bonchev–Trinajstić information content (AvgIpc) is 2.50. The predicted octanol–water partition coefficient (Wildman–Crippen LogP) is 0.295.